The molecule has 3 heterocycles. The highest BCUT2D eigenvalue weighted by atomic mass is 28.4. The normalized spacial score (nSPS) is 24.0. The van der Waals surface area contributed by atoms with Crippen LogP contribution in [0.1, 0.15) is 76.4 Å². The third-order valence-corrected chi connectivity index (χ3v) is 25.6. The van der Waals surface area contributed by atoms with Crippen LogP contribution in [0.4, 0.5) is 0 Å². The van der Waals surface area contributed by atoms with Crippen molar-refractivity contribution in [3.05, 3.63) is 359 Å². The molecule has 0 amide bonds. The van der Waals surface area contributed by atoms with Crippen LogP contribution in [0.25, 0.3) is 0 Å². The molecule has 0 aromatic heterocycles. The van der Waals surface area contributed by atoms with E-state index in [9.17, 15) is 0 Å². The van der Waals surface area contributed by atoms with Gasteiger partial charge in [-0.1, -0.05) is 324 Å². The minimum absolute atomic E-state index is 0.0438. The predicted octanol–water partition coefficient (Wildman–Crippen LogP) is 17.7. The van der Waals surface area contributed by atoms with Gasteiger partial charge >= 0.3 is 0 Å². The fraction of sp³-hybridized carbons (Fsp3) is 0.362. The molecular weight excluding hydrogens is 1410 g/mol. The largest absolute Gasteiger partial charge is 0.414 e. The van der Waals surface area contributed by atoms with Crippen molar-refractivity contribution in [2.24, 2.45) is 0 Å². The molecule has 0 saturated carbocycles. The van der Waals surface area contributed by atoms with Crippen LogP contribution in [0.5, 0.6) is 0 Å². The molecule has 0 aliphatic carbocycles. The molecule has 14 atom stereocenters. The van der Waals surface area contributed by atoms with E-state index in [1.807, 2.05) is 303 Å². The number of hydrogen-bond donors (Lipinski definition) is 0. The summed E-state index contributed by atoms with van der Waals surface area (Å²) >= 11 is 0. The summed E-state index contributed by atoms with van der Waals surface area (Å²) < 4.78 is 120. The summed E-state index contributed by atoms with van der Waals surface area (Å²) in [6, 6.07) is 103. The van der Waals surface area contributed by atoms with Crippen molar-refractivity contribution in [2.45, 2.75) is 190 Å². The molecule has 10 aromatic carbocycles. The Morgan fingerprint density at radius 1 is 0.270 bits per heavy atom. The SMILES string of the molecule is CC[Si](CC)(CC)OC[C@H]1O[C@@](COCc2ccccc2)(O[C@H]2O[C@H](COCc3ccccc3)[C@@H](OCc3ccccc3)[C@H](OCc3ccccc3)[C@H]2OCc2ccccc2)[C@@H](O[C@H]2O[C@H](COCc3ccccc3)[C@@H](OCc3ccccc3)[C@H](OCc3ccccc3)[C@H]2OCc2ccccc2)[C@@H]1OCc1ccccc1. The molecule has 3 fully saturated rings. The molecule has 3 saturated heterocycles. The van der Waals surface area contributed by atoms with Crippen molar-refractivity contribution in [1.82, 2.24) is 0 Å². The van der Waals surface area contributed by atoms with Gasteiger partial charge in [-0.15, -0.1) is 0 Å². The highest BCUT2D eigenvalue weighted by Crippen LogP contribution is 2.45. The summed E-state index contributed by atoms with van der Waals surface area (Å²) in [6.45, 7) is 8.49. The van der Waals surface area contributed by atoms with E-state index in [0.29, 0.717) is 0 Å². The Morgan fingerprint density at radius 3 is 0.847 bits per heavy atom. The molecular formula is C94H106O16Si. The van der Waals surface area contributed by atoms with E-state index in [4.69, 9.17) is 75.5 Å². The molecule has 582 valence electrons. The maximum absolute atomic E-state index is 8.18. The van der Waals surface area contributed by atoms with Crippen LogP contribution >= 0.6 is 0 Å². The van der Waals surface area contributed by atoms with Gasteiger partial charge in [-0.2, -0.15) is 0 Å². The molecule has 111 heavy (non-hydrogen) atoms. The lowest BCUT2D eigenvalue weighted by molar-refractivity contribution is -0.411. The van der Waals surface area contributed by atoms with E-state index >= 15 is 0 Å². The molecule has 10 aromatic rings. The standard InChI is InChI=1S/C94H106O16Si/c1-4-111(5-2,6-3)105-69-83-86(100-62-76-47-27-12-28-48-76)91(108-92-89(103-65-79-53-33-15-34-54-79)87(101-63-77-49-29-13-30-50-77)84(98-60-74-43-23-10-24-44-74)81(106-92)67-95-57-71-37-17-7-18-38-71)94(109-83,70-97-59-73-41-21-9-22-42-73)110-93-90(104-66-80-55-35-16-36-56-80)88(102-64-78-51-31-14-32-52-78)85(99-61-75-45-25-11-26-46-75)82(107-93)68-96-58-72-39-19-8-20-40-72/h7-56,81-93H,4-6,57-70H2,1-3H3/t81-,82-,83-,84-,85-,86-,87+,88+,89-,90-,91+,92-,93-,94+/m1/s1. The van der Waals surface area contributed by atoms with Crippen LogP contribution in [0.3, 0.4) is 0 Å². The van der Waals surface area contributed by atoms with Crippen molar-refractivity contribution in [3.8, 4) is 0 Å². The molecule has 13 rings (SSSR count). The van der Waals surface area contributed by atoms with E-state index in [1.165, 1.54) is 0 Å². The molecule has 17 heteroatoms. The Morgan fingerprint density at radius 2 is 0.532 bits per heavy atom. The molecule has 3 aliphatic rings. The van der Waals surface area contributed by atoms with Gasteiger partial charge in [0.15, 0.2) is 20.9 Å². The third-order valence-electron chi connectivity index (χ3n) is 20.9. The minimum atomic E-state index is -2.43. The van der Waals surface area contributed by atoms with Crippen LogP contribution in [0.2, 0.25) is 18.1 Å². The second kappa shape index (κ2) is 42.6. The summed E-state index contributed by atoms with van der Waals surface area (Å²) in [5.74, 6) is -2.02. The first-order valence-electron chi connectivity index (χ1n) is 39.2. The smallest absolute Gasteiger partial charge is 0.224 e. The first-order valence-corrected chi connectivity index (χ1v) is 41.7. The van der Waals surface area contributed by atoms with Gasteiger partial charge < -0.3 is 75.5 Å². The highest BCUT2D eigenvalue weighted by molar-refractivity contribution is 6.73. The Hall–Kier alpha value is -8.22. The van der Waals surface area contributed by atoms with Gasteiger partial charge in [0.1, 0.15) is 73.8 Å². The van der Waals surface area contributed by atoms with Crippen LogP contribution in [0, 0.1) is 0 Å². The average Bonchev–Trinajstić information content (AvgIpc) is 1.60. The predicted molar refractivity (Wildman–Crippen MR) is 427 cm³/mol. The zero-order valence-electron chi connectivity index (χ0n) is 63.9. The number of benzene rings is 10. The van der Waals surface area contributed by atoms with E-state index in [1.54, 1.807) is 0 Å². The van der Waals surface area contributed by atoms with Gasteiger partial charge in [0.05, 0.1) is 85.9 Å². The lowest BCUT2D eigenvalue weighted by Crippen LogP contribution is -2.66. The Bertz CT molecular complexity index is 4160. The second-order valence-corrected chi connectivity index (χ2v) is 33.4. The minimum Gasteiger partial charge on any atom is -0.414 e. The zero-order valence-corrected chi connectivity index (χ0v) is 64.9. The summed E-state index contributed by atoms with van der Waals surface area (Å²) in [6.07, 6.45) is -13.2. The fourth-order valence-electron chi connectivity index (χ4n) is 14.6. The van der Waals surface area contributed by atoms with Crippen molar-refractivity contribution >= 4 is 8.32 Å². The van der Waals surface area contributed by atoms with Crippen molar-refractivity contribution in [3.63, 3.8) is 0 Å². The lowest BCUT2D eigenvalue weighted by Gasteiger charge is -2.49. The van der Waals surface area contributed by atoms with Crippen LogP contribution in [-0.2, 0) is 142 Å². The zero-order chi connectivity index (χ0) is 76.0. The van der Waals surface area contributed by atoms with E-state index in [-0.39, 0.29) is 92.5 Å². The van der Waals surface area contributed by atoms with Crippen LogP contribution < -0.4 is 0 Å². The molecule has 3 aliphatic heterocycles. The third kappa shape index (κ3) is 23.2. The number of rotatable bonds is 43. The first-order chi connectivity index (χ1) is 54.8. The number of hydrogen-bond acceptors (Lipinski definition) is 16. The summed E-state index contributed by atoms with van der Waals surface area (Å²) in [5, 5.41) is 0. The molecule has 16 nitrogen and oxygen atoms in total. The van der Waals surface area contributed by atoms with Gasteiger partial charge in [0.25, 0.3) is 0 Å². The van der Waals surface area contributed by atoms with E-state index < -0.39 is 93.8 Å². The van der Waals surface area contributed by atoms with Gasteiger partial charge in [-0.25, -0.2) is 0 Å². The Labute approximate surface area is 656 Å². The summed E-state index contributed by atoms with van der Waals surface area (Å²) in [5.41, 5.74) is 9.40. The maximum Gasteiger partial charge on any atom is 0.224 e. The Kier molecular flexibility index (Phi) is 31.0. The van der Waals surface area contributed by atoms with Crippen LogP contribution in [-0.4, -0.2) is 120 Å². The molecule has 0 bridgehead atoms. The van der Waals surface area contributed by atoms with E-state index in [0.717, 1.165) is 73.8 Å². The lowest BCUT2D eigenvalue weighted by atomic mass is 9.96. The van der Waals surface area contributed by atoms with Crippen molar-refractivity contribution < 1.29 is 75.5 Å². The molecule has 0 N–H and O–H groups in total. The van der Waals surface area contributed by atoms with Crippen molar-refractivity contribution in [2.75, 3.05) is 26.4 Å². The summed E-state index contributed by atoms with van der Waals surface area (Å²) in [7, 11) is -2.43. The monoisotopic (exact) mass is 1520 g/mol. The number of ether oxygens (including phenoxy) is 15. The molecule has 0 spiro atoms. The van der Waals surface area contributed by atoms with Gasteiger partial charge in [0, 0.05) is 0 Å². The topological polar surface area (TPSA) is 148 Å². The average molecular weight is 1520 g/mol. The first kappa shape index (κ1) is 80.8. The van der Waals surface area contributed by atoms with Crippen LogP contribution in [0.15, 0.2) is 303 Å². The second-order valence-electron chi connectivity index (χ2n) is 28.6. The quantitative estimate of drug-likeness (QED) is 0.0333. The van der Waals surface area contributed by atoms with E-state index in [2.05, 4.69) is 20.8 Å². The molecule has 0 radical (unpaired) electrons. The molecule has 0 unspecified atom stereocenters. The van der Waals surface area contributed by atoms with Gasteiger partial charge in [0.2, 0.25) is 5.79 Å². The highest BCUT2D eigenvalue weighted by Gasteiger charge is 2.64. The fourth-order valence-corrected chi connectivity index (χ4v) is 17.2. The summed E-state index contributed by atoms with van der Waals surface area (Å²) in [4.78, 5) is 0. The van der Waals surface area contributed by atoms with Gasteiger partial charge in [-0.05, 0) is 73.8 Å². The maximum atomic E-state index is 8.18. The van der Waals surface area contributed by atoms with Crippen molar-refractivity contribution in [1.29, 1.82) is 0 Å². The Balaban J connectivity index is 0.990. The van der Waals surface area contributed by atoms with Gasteiger partial charge in [-0.3, -0.25) is 0 Å².